The fourth-order valence-corrected chi connectivity index (χ4v) is 7.70. The van der Waals surface area contributed by atoms with Gasteiger partial charge >= 0.3 is 0 Å². The van der Waals surface area contributed by atoms with Gasteiger partial charge in [0.25, 0.3) is 0 Å². The molecule has 0 bridgehead atoms. The van der Waals surface area contributed by atoms with E-state index in [2.05, 4.69) is 111 Å². The van der Waals surface area contributed by atoms with E-state index in [1.165, 1.54) is 0 Å². The number of hydrogen-bond donors (Lipinski definition) is 0. The summed E-state index contributed by atoms with van der Waals surface area (Å²) in [5.41, 5.74) is 10.5. The second kappa shape index (κ2) is 10.2. The van der Waals surface area contributed by atoms with Crippen LogP contribution < -0.4 is 0 Å². The molecule has 7 aromatic carbocycles. The summed E-state index contributed by atoms with van der Waals surface area (Å²) < 4.78 is 11.1. The lowest BCUT2D eigenvalue weighted by molar-refractivity contribution is 0.673. The minimum atomic E-state index is 0.527. The summed E-state index contributed by atoms with van der Waals surface area (Å²) in [6.07, 6.45) is 0. The van der Waals surface area contributed by atoms with Crippen molar-refractivity contribution in [3.8, 4) is 28.6 Å². The van der Waals surface area contributed by atoms with E-state index < -0.39 is 0 Å². The molecule has 0 saturated heterocycles. The van der Waals surface area contributed by atoms with Gasteiger partial charge in [0.1, 0.15) is 11.2 Å². The zero-order valence-corrected chi connectivity index (χ0v) is 26.1. The largest absolute Gasteiger partial charge is 0.455 e. The third-order valence-corrected chi connectivity index (χ3v) is 9.77. The van der Waals surface area contributed by atoms with Crippen LogP contribution in [0.5, 0.6) is 0 Å². The average molecular weight is 625 g/mol. The number of fused-ring (bicyclic) bond motifs is 10. The van der Waals surface area contributed by atoms with Gasteiger partial charge in [-0.1, -0.05) is 78.9 Å². The Labute approximate surface area is 280 Å². The molecule has 0 unspecified atom stereocenters. The Morgan fingerprint density at radius 3 is 1.80 bits per heavy atom. The quantitative estimate of drug-likeness (QED) is 0.184. The van der Waals surface area contributed by atoms with Gasteiger partial charge in [-0.2, -0.15) is 5.26 Å². The molecule has 10 rings (SSSR count). The predicted octanol–water partition coefficient (Wildman–Crippen LogP) is 11.9. The topological polar surface area (TPSA) is 51.1 Å². The highest BCUT2D eigenvalue weighted by molar-refractivity contribution is 6.24. The highest BCUT2D eigenvalue weighted by Gasteiger charge is 2.23. The summed E-state index contributed by atoms with van der Waals surface area (Å²) >= 11 is 0. The van der Waals surface area contributed by atoms with Crippen LogP contribution in [0.3, 0.4) is 0 Å². The molecule has 0 aliphatic carbocycles. The Bertz CT molecular complexity index is 3030. The molecule has 0 N–H and O–H groups in total. The van der Waals surface area contributed by atoms with Crippen LogP contribution in [0.15, 0.2) is 150 Å². The molecular formula is C44H24N4O. The standard InChI is InChI=1S/C44H24N4O/c1-46-28-19-22-40(47-36-14-6-2-10-29(36)30-11-3-7-15-37(30)47)35(25-28)34-24-27(26-45)18-21-39(34)48-38-16-8-4-13-33(38)43-41(48)23-20-32-31-12-5-9-17-42(31)49-44(32)43/h2-25H. The first-order valence-electron chi connectivity index (χ1n) is 16.1. The minimum absolute atomic E-state index is 0.527. The summed E-state index contributed by atoms with van der Waals surface area (Å²) in [6, 6.07) is 51.8. The smallest absolute Gasteiger partial charge is 0.188 e. The Hall–Kier alpha value is -7.08. The maximum atomic E-state index is 10.2. The lowest BCUT2D eigenvalue weighted by Crippen LogP contribution is -2.02. The van der Waals surface area contributed by atoms with E-state index >= 15 is 0 Å². The molecule has 5 nitrogen and oxygen atoms in total. The Morgan fingerprint density at radius 1 is 0.531 bits per heavy atom. The van der Waals surface area contributed by atoms with Crippen molar-refractivity contribution in [2.75, 3.05) is 0 Å². The van der Waals surface area contributed by atoms with E-state index in [0.29, 0.717) is 11.3 Å². The van der Waals surface area contributed by atoms with Crippen LogP contribution in [-0.4, -0.2) is 9.13 Å². The molecule has 0 saturated carbocycles. The highest BCUT2D eigenvalue weighted by Crippen LogP contribution is 2.44. The second-order valence-corrected chi connectivity index (χ2v) is 12.3. The molecule has 0 radical (unpaired) electrons. The molecule has 0 fully saturated rings. The molecule has 0 atom stereocenters. The summed E-state index contributed by atoms with van der Waals surface area (Å²) in [7, 11) is 0. The van der Waals surface area contributed by atoms with Crippen LogP contribution in [0.2, 0.25) is 0 Å². The van der Waals surface area contributed by atoms with Gasteiger partial charge in [0.2, 0.25) is 0 Å². The molecule has 0 amide bonds. The normalized spacial score (nSPS) is 11.6. The van der Waals surface area contributed by atoms with Crippen molar-refractivity contribution in [3.63, 3.8) is 0 Å². The fraction of sp³-hybridized carbons (Fsp3) is 0. The van der Waals surface area contributed by atoms with Crippen molar-refractivity contribution in [3.05, 3.63) is 163 Å². The minimum Gasteiger partial charge on any atom is -0.455 e. The molecule has 10 aromatic rings. The number of aromatic nitrogens is 2. The van der Waals surface area contributed by atoms with Crippen molar-refractivity contribution in [1.82, 2.24) is 9.13 Å². The first-order valence-corrected chi connectivity index (χ1v) is 16.1. The van der Waals surface area contributed by atoms with Gasteiger partial charge in [0.15, 0.2) is 5.69 Å². The first kappa shape index (κ1) is 27.1. The number of rotatable bonds is 3. The van der Waals surface area contributed by atoms with E-state index in [1.54, 1.807) is 0 Å². The van der Waals surface area contributed by atoms with Crippen LogP contribution in [0.1, 0.15) is 5.56 Å². The van der Waals surface area contributed by atoms with Gasteiger partial charge in [0.05, 0.1) is 57.0 Å². The molecule has 0 spiro atoms. The monoisotopic (exact) mass is 624 g/mol. The summed E-state index contributed by atoms with van der Waals surface area (Å²) in [6.45, 7) is 7.97. The van der Waals surface area contributed by atoms with Crippen LogP contribution in [0.4, 0.5) is 5.69 Å². The first-order chi connectivity index (χ1) is 24.2. The number of nitrogens with zero attached hydrogens (tertiary/aromatic N) is 4. The Kier molecular flexibility index (Phi) is 5.64. The number of benzene rings is 7. The third kappa shape index (κ3) is 3.79. The zero-order chi connectivity index (χ0) is 32.6. The maximum Gasteiger partial charge on any atom is 0.188 e. The van der Waals surface area contributed by atoms with E-state index in [0.717, 1.165) is 88.1 Å². The summed E-state index contributed by atoms with van der Waals surface area (Å²) in [5.74, 6) is 0. The molecule has 226 valence electrons. The van der Waals surface area contributed by atoms with Crippen LogP contribution in [0, 0.1) is 17.9 Å². The third-order valence-electron chi connectivity index (χ3n) is 9.77. The van der Waals surface area contributed by atoms with Crippen molar-refractivity contribution in [1.29, 1.82) is 5.26 Å². The van der Waals surface area contributed by atoms with Gasteiger partial charge in [0, 0.05) is 32.5 Å². The van der Waals surface area contributed by atoms with Crippen molar-refractivity contribution in [2.45, 2.75) is 0 Å². The molecule has 3 aromatic heterocycles. The summed E-state index contributed by atoms with van der Waals surface area (Å²) in [4.78, 5) is 3.85. The lowest BCUT2D eigenvalue weighted by Gasteiger charge is -2.19. The van der Waals surface area contributed by atoms with Crippen molar-refractivity contribution >= 4 is 71.2 Å². The zero-order valence-electron chi connectivity index (χ0n) is 26.1. The van der Waals surface area contributed by atoms with E-state index in [1.807, 2.05) is 54.6 Å². The molecule has 0 aliphatic heterocycles. The van der Waals surface area contributed by atoms with Gasteiger partial charge in [-0.3, -0.25) is 0 Å². The van der Waals surface area contributed by atoms with Crippen molar-refractivity contribution < 1.29 is 4.42 Å². The average Bonchev–Trinajstić information content (AvgIpc) is 3.82. The molecule has 3 heterocycles. The number of hydrogen-bond acceptors (Lipinski definition) is 2. The van der Waals surface area contributed by atoms with E-state index in [9.17, 15) is 5.26 Å². The second-order valence-electron chi connectivity index (χ2n) is 12.3. The predicted molar refractivity (Wildman–Crippen MR) is 199 cm³/mol. The number of nitriles is 1. The number of para-hydroxylation sites is 4. The molecular weight excluding hydrogens is 601 g/mol. The fourth-order valence-electron chi connectivity index (χ4n) is 7.70. The van der Waals surface area contributed by atoms with E-state index in [-0.39, 0.29) is 0 Å². The lowest BCUT2D eigenvalue weighted by atomic mass is 9.98. The van der Waals surface area contributed by atoms with Crippen molar-refractivity contribution in [2.24, 2.45) is 0 Å². The maximum absolute atomic E-state index is 10.2. The molecule has 0 aliphatic rings. The van der Waals surface area contributed by atoms with E-state index in [4.69, 9.17) is 11.0 Å². The van der Waals surface area contributed by atoms with Crippen LogP contribution >= 0.6 is 0 Å². The Balaban J connectivity index is 1.34. The molecule has 49 heavy (non-hydrogen) atoms. The van der Waals surface area contributed by atoms with Crippen LogP contribution in [-0.2, 0) is 0 Å². The Morgan fingerprint density at radius 2 is 1.10 bits per heavy atom. The SMILES string of the molecule is [C-]#[N+]c1ccc(-n2c3ccccc3c3ccccc32)c(-c2cc(C#N)ccc2-n2c3ccccc3c3c4oc5ccccc5c4ccc32)c1. The van der Waals surface area contributed by atoms with Gasteiger partial charge < -0.3 is 13.6 Å². The molecule has 5 heteroatoms. The van der Waals surface area contributed by atoms with Gasteiger partial charge in [-0.15, -0.1) is 0 Å². The van der Waals surface area contributed by atoms with Gasteiger partial charge in [-0.05, 0) is 72.3 Å². The number of furan rings is 1. The van der Waals surface area contributed by atoms with Crippen LogP contribution in [0.25, 0.3) is 92.9 Å². The van der Waals surface area contributed by atoms with Gasteiger partial charge in [-0.25, -0.2) is 4.85 Å². The highest BCUT2D eigenvalue weighted by atomic mass is 16.3. The summed E-state index contributed by atoms with van der Waals surface area (Å²) in [5, 5.41) is 16.8.